The molecular formula is C28H18ClNS. The van der Waals surface area contributed by atoms with E-state index in [1.165, 1.54) is 30.9 Å². The number of fused-ring (bicyclic) bond motifs is 4. The van der Waals surface area contributed by atoms with Crippen molar-refractivity contribution in [2.75, 3.05) is 4.90 Å². The van der Waals surface area contributed by atoms with Crippen molar-refractivity contribution in [1.29, 1.82) is 0 Å². The number of halogens is 1. The van der Waals surface area contributed by atoms with Crippen LogP contribution in [0.4, 0.5) is 17.1 Å². The Bertz CT molecular complexity index is 1500. The molecule has 1 heterocycles. The van der Waals surface area contributed by atoms with Crippen molar-refractivity contribution in [3.63, 3.8) is 0 Å². The minimum absolute atomic E-state index is 0.747. The molecule has 5 aromatic carbocycles. The number of nitrogens with zero attached hydrogens (tertiary/aromatic N) is 1. The maximum Gasteiger partial charge on any atom is 0.0661 e. The molecule has 0 saturated heterocycles. The summed E-state index contributed by atoms with van der Waals surface area (Å²) in [5.74, 6) is 0. The van der Waals surface area contributed by atoms with Gasteiger partial charge in [-0.2, -0.15) is 0 Å². The predicted molar refractivity (Wildman–Crippen MR) is 137 cm³/mol. The molecule has 0 N–H and O–H groups in total. The average molecular weight is 436 g/mol. The predicted octanol–water partition coefficient (Wildman–Crippen LogP) is 9.33. The molecule has 0 aliphatic carbocycles. The molecule has 0 radical (unpaired) electrons. The minimum atomic E-state index is 0.747. The largest absolute Gasteiger partial charge is 0.309 e. The number of hydrogen-bond acceptors (Lipinski definition) is 2. The number of hydrogen-bond donors (Lipinski definition) is 0. The Morgan fingerprint density at radius 1 is 0.548 bits per heavy atom. The van der Waals surface area contributed by atoms with E-state index >= 15 is 0 Å². The fourth-order valence-corrected chi connectivity index (χ4v) is 5.69. The summed E-state index contributed by atoms with van der Waals surface area (Å²) in [6, 6.07) is 38.3. The first-order valence-electron chi connectivity index (χ1n) is 10.2. The van der Waals surface area contributed by atoms with Crippen LogP contribution < -0.4 is 4.90 Å². The molecule has 0 aliphatic heterocycles. The molecule has 6 aromatic rings. The van der Waals surface area contributed by atoms with Gasteiger partial charge in [0.25, 0.3) is 0 Å². The molecular weight excluding hydrogens is 418 g/mol. The van der Waals surface area contributed by atoms with Crippen molar-refractivity contribution in [2.45, 2.75) is 0 Å². The van der Waals surface area contributed by atoms with E-state index in [-0.39, 0.29) is 0 Å². The molecule has 1 aromatic heterocycles. The Labute approximate surface area is 189 Å². The number of rotatable bonds is 3. The van der Waals surface area contributed by atoms with Crippen LogP contribution in [-0.2, 0) is 0 Å². The van der Waals surface area contributed by atoms with Crippen molar-refractivity contribution in [3.05, 3.63) is 114 Å². The second kappa shape index (κ2) is 7.42. The van der Waals surface area contributed by atoms with Gasteiger partial charge >= 0.3 is 0 Å². The van der Waals surface area contributed by atoms with Crippen LogP contribution >= 0.6 is 22.9 Å². The van der Waals surface area contributed by atoms with Gasteiger partial charge in [-0.15, -0.1) is 11.3 Å². The van der Waals surface area contributed by atoms with Crippen LogP contribution in [0.25, 0.3) is 30.9 Å². The molecule has 0 fully saturated rings. The Balaban J connectivity index is 1.64. The summed E-state index contributed by atoms with van der Waals surface area (Å²) in [4.78, 5) is 2.23. The zero-order valence-corrected chi connectivity index (χ0v) is 18.2. The van der Waals surface area contributed by atoms with Crippen molar-refractivity contribution in [3.8, 4) is 0 Å². The van der Waals surface area contributed by atoms with Crippen molar-refractivity contribution < 1.29 is 0 Å². The lowest BCUT2D eigenvalue weighted by molar-refractivity contribution is 1.29. The summed E-state index contributed by atoms with van der Waals surface area (Å²) in [6.45, 7) is 0. The van der Waals surface area contributed by atoms with Crippen molar-refractivity contribution in [2.24, 2.45) is 0 Å². The molecule has 0 saturated carbocycles. The summed E-state index contributed by atoms with van der Waals surface area (Å²) in [5.41, 5.74) is 3.15. The lowest BCUT2D eigenvalue weighted by atomic mass is 10.1. The highest BCUT2D eigenvalue weighted by Crippen LogP contribution is 2.44. The second-order valence-electron chi connectivity index (χ2n) is 7.60. The van der Waals surface area contributed by atoms with Gasteiger partial charge in [-0.25, -0.2) is 0 Å². The Kier molecular flexibility index (Phi) is 4.41. The second-order valence-corrected chi connectivity index (χ2v) is 9.09. The quantitative estimate of drug-likeness (QED) is 0.267. The molecule has 148 valence electrons. The third-order valence-corrected chi connectivity index (χ3v) is 7.09. The Hall–Kier alpha value is -3.33. The highest BCUT2D eigenvalue weighted by atomic mass is 35.5. The topological polar surface area (TPSA) is 3.24 Å². The van der Waals surface area contributed by atoms with Gasteiger partial charge in [0.2, 0.25) is 0 Å². The van der Waals surface area contributed by atoms with E-state index in [4.69, 9.17) is 11.6 Å². The molecule has 3 heteroatoms. The number of para-hydroxylation sites is 2. The molecule has 0 unspecified atom stereocenters. The molecule has 0 aliphatic rings. The maximum atomic E-state index is 6.90. The molecule has 6 rings (SSSR count). The summed E-state index contributed by atoms with van der Waals surface area (Å²) in [7, 11) is 0. The SMILES string of the molecule is Clc1cc2sc3cc4ccccc4cc3c2cc1N(c1ccccc1)c1ccccc1. The van der Waals surface area contributed by atoms with Crippen LogP contribution in [0.2, 0.25) is 5.02 Å². The third kappa shape index (κ3) is 3.16. The number of benzene rings is 5. The van der Waals surface area contributed by atoms with Crippen LogP contribution in [0.1, 0.15) is 0 Å². The average Bonchev–Trinajstić information content (AvgIpc) is 3.15. The first-order valence-corrected chi connectivity index (χ1v) is 11.4. The van der Waals surface area contributed by atoms with Gasteiger partial charge in [0.05, 0.1) is 10.7 Å². The van der Waals surface area contributed by atoms with Gasteiger partial charge in [0, 0.05) is 31.5 Å². The molecule has 0 atom stereocenters. The Morgan fingerprint density at radius 2 is 1.06 bits per heavy atom. The van der Waals surface area contributed by atoms with Crippen LogP contribution in [0.15, 0.2) is 109 Å². The van der Waals surface area contributed by atoms with E-state index in [9.17, 15) is 0 Å². The monoisotopic (exact) mass is 435 g/mol. The van der Waals surface area contributed by atoms with E-state index in [0.717, 1.165) is 22.1 Å². The Morgan fingerprint density at radius 3 is 1.71 bits per heavy atom. The summed E-state index contributed by atoms with van der Waals surface area (Å²) in [5, 5.41) is 5.79. The highest BCUT2D eigenvalue weighted by Gasteiger charge is 2.18. The van der Waals surface area contributed by atoms with E-state index in [2.05, 4.69) is 102 Å². The van der Waals surface area contributed by atoms with Gasteiger partial charge in [-0.05, 0) is 59.3 Å². The van der Waals surface area contributed by atoms with Crippen LogP contribution in [0, 0.1) is 0 Å². The third-order valence-electron chi connectivity index (χ3n) is 5.68. The van der Waals surface area contributed by atoms with Crippen LogP contribution in [0.5, 0.6) is 0 Å². The van der Waals surface area contributed by atoms with Gasteiger partial charge in [-0.1, -0.05) is 72.3 Å². The number of anilines is 3. The fraction of sp³-hybridized carbons (Fsp3) is 0. The summed E-state index contributed by atoms with van der Waals surface area (Å²) >= 11 is 8.69. The maximum absolute atomic E-state index is 6.90. The molecule has 0 bridgehead atoms. The zero-order valence-electron chi connectivity index (χ0n) is 16.6. The van der Waals surface area contributed by atoms with Gasteiger partial charge in [0.15, 0.2) is 0 Å². The lowest BCUT2D eigenvalue weighted by Crippen LogP contribution is -2.10. The number of thiophene rings is 1. The zero-order chi connectivity index (χ0) is 20.8. The fourth-order valence-electron chi connectivity index (χ4n) is 4.22. The molecule has 31 heavy (non-hydrogen) atoms. The minimum Gasteiger partial charge on any atom is -0.309 e. The first-order chi connectivity index (χ1) is 15.3. The van der Waals surface area contributed by atoms with Crippen LogP contribution in [0.3, 0.4) is 0 Å². The summed E-state index contributed by atoms with van der Waals surface area (Å²) < 4.78 is 2.49. The highest BCUT2D eigenvalue weighted by molar-refractivity contribution is 7.26. The lowest BCUT2D eigenvalue weighted by Gasteiger charge is -2.26. The van der Waals surface area contributed by atoms with E-state index in [0.29, 0.717) is 0 Å². The van der Waals surface area contributed by atoms with E-state index in [1.54, 1.807) is 11.3 Å². The van der Waals surface area contributed by atoms with Crippen molar-refractivity contribution >= 4 is 70.9 Å². The molecule has 0 amide bonds. The van der Waals surface area contributed by atoms with Gasteiger partial charge < -0.3 is 4.90 Å². The summed E-state index contributed by atoms with van der Waals surface area (Å²) in [6.07, 6.45) is 0. The molecule has 1 nitrogen and oxygen atoms in total. The van der Waals surface area contributed by atoms with Crippen LogP contribution in [-0.4, -0.2) is 0 Å². The standard InChI is InChI=1S/C28H18ClNS/c29-25-18-28-24(23-15-19-9-7-8-10-20(19)16-27(23)31-28)17-26(25)30(21-11-3-1-4-12-21)22-13-5-2-6-14-22/h1-18H. The smallest absolute Gasteiger partial charge is 0.0661 e. The first kappa shape index (κ1) is 18.4. The van der Waals surface area contributed by atoms with E-state index < -0.39 is 0 Å². The van der Waals surface area contributed by atoms with E-state index in [1.807, 2.05) is 12.1 Å². The normalized spacial score (nSPS) is 11.4. The van der Waals surface area contributed by atoms with Gasteiger partial charge in [-0.3, -0.25) is 0 Å². The molecule has 0 spiro atoms. The van der Waals surface area contributed by atoms with Crippen molar-refractivity contribution in [1.82, 2.24) is 0 Å². The van der Waals surface area contributed by atoms with Gasteiger partial charge in [0.1, 0.15) is 0 Å².